The topological polar surface area (TPSA) is 110 Å². The lowest BCUT2D eigenvalue weighted by Crippen LogP contribution is -2.36. The van der Waals surface area contributed by atoms with Gasteiger partial charge in [-0.25, -0.2) is 0 Å². The monoisotopic (exact) mass is 346 g/mol. The lowest BCUT2D eigenvalue weighted by molar-refractivity contribution is -0.386. The van der Waals surface area contributed by atoms with Crippen molar-refractivity contribution in [3.05, 3.63) is 57.4 Å². The number of nitrogens with zero attached hydrogens (tertiary/aromatic N) is 3. The maximum Gasteiger partial charge on any atom is 0.312 e. The normalized spacial score (nSPS) is 13.3. The number of aliphatic hydroxyl groups excluding tert-OH is 1. The zero-order chi connectivity index (χ0) is 18.6. The lowest BCUT2D eigenvalue weighted by Gasteiger charge is -2.18. The van der Waals surface area contributed by atoms with Crippen molar-refractivity contribution in [3.63, 3.8) is 0 Å². The SMILES string of the molecule is Cc1nn(CC(=O)NC(C)CC(O)c2ccccc2)c(C)c1[N+](=O)[O-]. The quantitative estimate of drug-likeness (QED) is 0.589. The van der Waals surface area contributed by atoms with Crippen LogP contribution in [0.4, 0.5) is 5.69 Å². The molecule has 25 heavy (non-hydrogen) atoms. The molecule has 0 bridgehead atoms. The predicted octanol–water partition coefficient (Wildman–Crippen LogP) is 2.04. The summed E-state index contributed by atoms with van der Waals surface area (Å²) < 4.78 is 1.32. The largest absolute Gasteiger partial charge is 0.388 e. The highest BCUT2D eigenvalue weighted by Gasteiger charge is 2.23. The fourth-order valence-corrected chi connectivity index (χ4v) is 2.77. The van der Waals surface area contributed by atoms with Crippen molar-refractivity contribution in [3.8, 4) is 0 Å². The molecule has 0 saturated carbocycles. The van der Waals surface area contributed by atoms with Crippen LogP contribution in [0.15, 0.2) is 30.3 Å². The molecule has 2 rings (SSSR count). The van der Waals surface area contributed by atoms with Crippen LogP contribution in [0, 0.1) is 24.0 Å². The average molecular weight is 346 g/mol. The van der Waals surface area contributed by atoms with Gasteiger partial charge in [0.1, 0.15) is 17.9 Å². The van der Waals surface area contributed by atoms with Gasteiger partial charge < -0.3 is 10.4 Å². The van der Waals surface area contributed by atoms with Gasteiger partial charge in [0, 0.05) is 6.04 Å². The summed E-state index contributed by atoms with van der Waals surface area (Å²) in [4.78, 5) is 22.7. The standard InChI is InChI=1S/C17H22N4O4/c1-11(9-15(22)14-7-5-4-6-8-14)18-16(23)10-20-13(3)17(21(24)25)12(2)19-20/h4-8,11,15,22H,9-10H2,1-3H3,(H,18,23). The molecular weight excluding hydrogens is 324 g/mol. The maximum atomic E-state index is 12.2. The minimum Gasteiger partial charge on any atom is -0.388 e. The minimum atomic E-state index is -0.675. The Morgan fingerprint density at radius 2 is 2.00 bits per heavy atom. The van der Waals surface area contributed by atoms with Crippen LogP contribution >= 0.6 is 0 Å². The van der Waals surface area contributed by atoms with Crippen molar-refractivity contribution in [2.45, 2.75) is 45.9 Å². The number of carbonyl (C=O) groups is 1. The van der Waals surface area contributed by atoms with E-state index in [-0.39, 0.29) is 29.9 Å². The summed E-state index contributed by atoms with van der Waals surface area (Å²) in [6.45, 7) is 4.80. The van der Waals surface area contributed by atoms with E-state index < -0.39 is 11.0 Å². The average Bonchev–Trinajstić information content (AvgIpc) is 2.81. The fourth-order valence-electron chi connectivity index (χ4n) is 2.77. The van der Waals surface area contributed by atoms with Gasteiger partial charge in [0.2, 0.25) is 5.91 Å². The Bertz CT molecular complexity index is 758. The molecule has 8 heteroatoms. The van der Waals surface area contributed by atoms with Gasteiger partial charge in [-0.3, -0.25) is 19.6 Å². The van der Waals surface area contributed by atoms with E-state index in [1.165, 1.54) is 4.68 Å². The molecule has 134 valence electrons. The Hall–Kier alpha value is -2.74. The molecule has 2 N–H and O–H groups in total. The Kier molecular flexibility index (Phi) is 5.87. The number of hydrogen-bond acceptors (Lipinski definition) is 5. The first-order chi connectivity index (χ1) is 11.8. The Balaban J connectivity index is 1.94. The number of aromatic nitrogens is 2. The van der Waals surface area contributed by atoms with E-state index in [1.807, 2.05) is 30.3 Å². The van der Waals surface area contributed by atoms with Gasteiger partial charge in [-0.1, -0.05) is 30.3 Å². The van der Waals surface area contributed by atoms with Crippen molar-refractivity contribution in [2.24, 2.45) is 0 Å². The molecule has 1 aromatic carbocycles. The highest BCUT2D eigenvalue weighted by Crippen LogP contribution is 2.21. The van der Waals surface area contributed by atoms with Crippen LogP contribution in [-0.2, 0) is 11.3 Å². The Labute approximate surface area is 145 Å². The molecule has 1 aromatic heterocycles. The summed E-state index contributed by atoms with van der Waals surface area (Å²) in [5.74, 6) is -0.312. The van der Waals surface area contributed by atoms with Crippen LogP contribution in [0.5, 0.6) is 0 Å². The van der Waals surface area contributed by atoms with Crippen molar-refractivity contribution in [2.75, 3.05) is 0 Å². The second kappa shape index (κ2) is 7.89. The number of amides is 1. The summed E-state index contributed by atoms with van der Waals surface area (Å²) in [6, 6.07) is 8.96. The van der Waals surface area contributed by atoms with Gasteiger partial charge >= 0.3 is 5.69 Å². The number of nitro groups is 1. The molecule has 0 fully saturated rings. The number of aliphatic hydroxyl groups is 1. The molecular formula is C17H22N4O4. The molecule has 0 radical (unpaired) electrons. The van der Waals surface area contributed by atoms with E-state index in [0.717, 1.165) is 5.56 Å². The predicted molar refractivity (Wildman–Crippen MR) is 92.0 cm³/mol. The zero-order valence-corrected chi connectivity index (χ0v) is 14.5. The van der Waals surface area contributed by atoms with E-state index in [0.29, 0.717) is 12.1 Å². The van der Waals surface area contributed by atoms with Crippen LogP contribution in [0.3, 0.4) is 0 Å². The molecule has 1 heterocycles. The lowest BCUT2D eigenvalue weighted by atomic mass is 10.0. The number of aryl methyl sites for hydroxylation is 1. The molecule has 0 saturated heterocycles. The number of nitrogens with one attached hydrogen (secondary N) is 1. The van der Waals surface area contributed by atoms with E-state index in [1.54, 1.807) is 20.8 Å². The molecule has 0 aliphatic rings. The number of benzene rings is 1. The van der Waals surface area contributed by atoms with Crippen molar-refractivity contribution in [1.82, 2.24) is 15.1 Å². The highest BCUT2D eigenvalue weighted by atomic mass is 16.6. The summed E-state index contributed by atoms with van der Waals surface area (Å²) in [6.07, 6.45) is -0.307. The molecule has 0 aliphatic carbocycles. The summed E-state index contributed by atoms with van der Waals surface area (Å²) in [7, 11) is 0. The second-order valence-corrected chi connectivity index (χ2v) is 6.06. The zero-order valence-electron chi connectivity index (χ0n) is 14.5. The Morgan fingerprint density at radius 3 is 2.56 bits per heavy atom. The third-order valence-corrected chi connectivity index (χ3v) is 3.99. The summed E-state index contributed by atoms with van der Waals surface area (Å²) in [5.41, 5.74) is 1.34. The van der Waals surface area contributed by atoms with Crippen LogP contribution in [0.2, 0.25) is 0 Å². The van der Waals surface area contributed by atoms with Gasteiger partial charge in [-0.05, 0) is 32.8 Å². The van der Waals surface area contributed by atoms with Gasteiger partial charge in [0.15, 0.2) is 0 Å². The van der Waals surface area contributed by atoms with Crippen molar-refractivity contribution < 1.29 is 14.8 Å². The third-order valence-electron chi connectivity index (χ3n) is 3.99. The molecule has 0 spiro atoms. The molecule has 2 unspecified atom stereocenters. The maximum absolute atomic E-state index is 12.2. The highest BCUT2D eigenvalue weighted by molar-refractivity contribution is 5.76. The van der Waals surface area contributed by atoms with Crippen LogP contribution in [0.25, 0.3) is 0 Å². The van der Waals surface area contributed by atoms with Gasteiger partial charge in [-0.15, -0.1) is 0 Å². The summed E-state index contributed by atoms with van der Waals surface area (Å²) in [5, 5.41) is 28.0. The van der Waals surface area contributed by atoms with Gasteiger partial charge in [-0.2, -0.15) is 5.10 Å². The summed E-state index contributed by atoms with van der Waals surface area (Å²) >= 11 is 0. The van der Waals surface area contributed by atoms with E-state index >= 15 is 0 Å². The molecule has 8 nitrogen and oxygen atoms in total. The number of hydrogen-bond donors (Lipinski definition) is 2. The second-order valence-electron chi connectivity index (χ2n) is 6.06. The first-order valence-electron chi connectivity index (χ1n) is 8.00. The first kappa shape index (κ1) is 18.6. The van der Waals surface area contributed by atoms with Crippen molar-refractivity contribution >= 4 is 11.6 Å². The van der Waals surface area contributed by atoms with Crippen LogP contribution in [-0.4, -0.2) is 31.8 Å². The first-order valence-corrected chi connectivity index (χ1v) is 8.00. The van der Waals surface area contributed by atoms with Gasteiger partial charge in [0.25, 0.3) is 0 Å². The van der Waals surface area contributed by atoms with Gasteiger partial charge in [0.05, 0.1) is 11.0 Å². The molecule has 2 aromatic rings. The third kappa shape index (κ3) is 4.63. The molecule has 2 atom stereocenters. The van der Waals surface area contributed by atoms with Crippen molar-refractivity contribution in [1.29, 1.82) is 0 Å². The number of carbonyl (C=O) groups excluding carboxylic acids is 1. The van der Waals surface area contributed by atoms with E-state index in [4.69, 9.17) is 0 Å². The smallest absolute Gasteiger partial charge is 0.312 e. The molecule has 1 amide bonds. The fraction of sp³-hybridized carbons (Fsp3) is 0.412. The molecule has 0 aliphatic heterocycles. The van der Waals surface area contributed by atoms with E-state index in [2.05, 4.69) is 10.4 Å². The minimum absolute atomic E-state index is 0.0691. The van der Waals surface area contributed by atoms with Crippen LogP contribution in [0.1, 0.15) is 36.4 Å². The Morgan fingerprint density at radius 1 is 1.36 bits per heavy atom. The number of rotatable bonds is 7. The van der Waals surface area contributed by atoms with Crippen LogP contribution < -0.4 is 5.32 Å². The van der Waals surface area contributed by atoms with E-state index in [9.17, 15) is 20.0 Å².